The van der Waals surface area contributed by atoms with Gasteiger partial charge in [-0.15, -0.1) is 24.0 Å². The number of halogens is 1. The van der Waals surface area contributed by atoms with Crippen molar-refractivity contribution in [1.29, 1.82) is 0 Å². The van der Waals surface area contributed by atoms with Gasteiger partial charge in [0.1, 0.15) is 0 Å². The Labute approximate surface area is 140 Å². The molecule has 1 fully saturated rings. The maximum absolute atomic E-state index is 5.91. The Hall–Kier alpha value is -0.300. The molecule has 1 aliphatic carbocycles. The molecule has 5 heteroatoms. The van der Waals surface area contributed by atoms with Crippen molar-refractivity contribution in [2.75, 3.05) is 13.2 Å². The van der Waals surface area contributed by atoms with E-state index in [1.807, 2.05) is 6.92 Å². The van der Waals surface area contributed by atoms with Gasteiger partial charge in [0.2, 0.25) is 0 Å². The molecule has 0 aromatic carbocycles. The summed E-state index contributed by atoms with van der Waals surface area (Å²) in [6, 6.07) is 0.341. The number of aliphatic imine (C=N–C) groups is 1. The van der Waals surface area contributed by atoms with Gasteiger partial charge in [0.25, 0.3) is 0 Å². The summed E-state index contributed by atoms with van der Waals surface area (Å²) in [5.74, 6) is 0.507. The summed E-state index contributed by atoms with van der Waals surface area (Å²) in [6.07, 6.45) is 3.63. The molecule has 2 unspecified atom stereocenters. The third-order valence-corrected chi connectivity index (χ3v) is 3.84. The van der Waals surface area contributed by atoms with Gasteiger partial charge < -0.3 is 15.8 Å². The predicted molar refractivity (Wildman–Crippen MR) is 96.7 cm³/mol. The van der Waals surface area contributed by atoms with Crippen molar-refractivity contribution >= 4 is 29.9 Å². The Morgan fingerprint density at radius 2 is 2.15 bits per heavy atom. The SMILES string of the molecule is C=C(C)CN=C(N)NC1CC(OCCCC)C1(C)C.I. The van der Waals surface area contributed by atoms with Crippen LogP contribution in [0.2, 0.25) is 0 Å². The van der Waals surface area contributed by atoms with Crippen molar-refractivity contribution in [3.05, 3.63) is 12.2 Å². The first-order valence-electron chi connectivity index (χ1n) is 7.20. The van der Waals surface area contributed by atoms with Gasteiger partial charge in [0.05, 0.1) is 12.6 Å². The molecular formula is C15H30IN3O. The average Bonchev–Trinajstić information content (AvgIpc) is 2.34. The van der Waals surface area contributed by atoms with Crippen LogP contribution in [-0.4, -0.2) is 31.3 Å². The normalized spacial score (nSPS) is 24.5. The van der Waals surface area contributed by atoms with Gasteiger partial charge in [0, 0.05) is 18.1 Å². The molecule has 0 heterocycles. The first kappa shape index (κ1) is 19.7. The molecule has 20 heavy (non-hydrogen) atoms. The number of nitrogens with two attached hydrogens (primary N) is 1. The minimum atomic E-state index is 0. The van der Waals surface area contributed by atoms with Crippen LogP contribution in [0.3, 0.4) is 0 Å². The number of nitrogens with zero attached hydrogens (tertiary/aromatic N) is 1. The van der Waals surface area contributed by atoms with Gasteiger partial charge in [-0.2, -0.15) is 0 Å². The van der Waals surface area contributed by atoms with Crippen molar-refractivity contribution in [2.45, 2.75) is 59.1 Å². The summed E-state index contributed by atoms with van der Waals surface area (Å²) in [5, 5.41) is 3.29. The summed E-state index contributed by atoms with van der Waals surface area (Å²) in [4.78, 5) is 4.25. The third kappa shape index (κ3) is 5.60. The smallest absolute Gasteiger partial charge is 0.189 e. The van der Waals surface area contributed by atoms with E-state index in [1.165, 1.54) is 6.42 Å². The summed E-state index contributed by atoms with van der Waals surface area (Å²) in [7, 11) is 0. The number of ether oxygens (including phenoxy) is 1. The zero-order valence-corrected chi connectivity index (χ0v) is 15.6. The first-order chi connectivity index (χ1) is 8.87. The van der Waals surface area contributed by atoms with Crippen LogP contribution in [-0.2, 0) is 4.74 Å². The van der Waals surface area contributed by atoms with Crippen LogP contribution >= 0.6 is 24.0 Å². The highest BCUT2D eigenvalue weighted by molar-refractivity contribution is 14.0. The van der Waals surface area contributed by atoms with Crippen LogP contribution in [0, 0.1) is 5.41 Å². The number of unbranched alkanes of at least 4 members (excludes halogenated alkanes) is 1. The monoisotopic (exact) mass is 395 g/mol. The number of hydrogen-bond donors (Lipinski definition) is 2. The van der Waals surface area contributed by atoms with Gasteiger partial charge >= 0.3 is 0 Å². The topological polar surface area (TPSA) is 59.6 Å². The average molecular weight is 395 g/mol. The molecule has 0 amide bonds. The van der Waals surface area contributed by atoms with Crippen molar-refractivity contribution in [3.8, 4) is 0 Å². The minimum Gasteiger partial charge on any atom is -0.378 e. The quantitative estimate of drug-likeness (QED) is 0.229. The van der Waals surface area contributed by atoms with Gasteiger partial charge in [-0.3, -0.25) is 0 Å². The molecule has 0 aliphatic heterocycles. The van der Waals surface area contributed by atoms with Crippen LogP contribution in [0.15, 0.2) is 17.1 Å². The second-order valence-corrected chi connectivity index (χ2v) is 6.13. The molecule has 1 rings (SSSR count). The molecule has 1 aliphatic rings. The first-order valence-corrected chi connectivity index (χ1v) is 7.20. The molecule has 0 aromatic heterocycles. The van der Waals surface area contributed by atoms with Gasteiger partial charge in [-0.25, -0.2) is 4.99 Å². The second-order valence-electron chi connectivity index (χ2n) is 6.13. The van der Waals surface area contributed by atoms with Gasteiger partial charge in [-0.1, -0.05) is 39.3 Å². The van der Waals surface area contributed by atoms with E-state index < -0.39 is 0 Å². The second kappa shape index (κ2) is 8.87. The lowest BCUT2D eigenvalue weighted by Gasteiger charge is -2.51. The van der Waals surface area contributed by atoms with Crippen LogP contribution in [0.1, 0.15) is 47.0 Å². The largest absolute Gasteiger partial charge is 0.378 e. The number of guanidine groups is 1. The van der Waals surface area contributed by atoms with Crippen molar-refractivity contribution in [2.24, 2.45) is 16.1 Å². The molecule has 1 saturated carbocycles. The molecule has 2 atom stereocenters. The predicted octanol–water partition coefficient (Wildman–Crippen LogP) is 3.07. The third-order valence-electron chi connectivity index (χ3n) is 3.84. The molecule has 0 radical (unpaired) electrons. The van der Waals surface area contributed by atoms with Crippen LogP contribution in [0.25, 0.3) is 0 Å². The maximum atomic E-state index is 5.91. The van der Waals surface area contributed by atoms with Crippen molar-refractivity contribution < 1.29 is 4.74 Å². The van der Waals surface area contributed by atoms with Crippen LogP contribution in [0.4, 0.5) is 0 Å². The Kier molecular flexibility index (Phi) is 8.74. The number of rotatable bonds is 7. The van der Waals surface area contributed by atoms with Gasteiger partial charge in [0.15, 0.2) is 5.96 Å². The molecule has 0 saturated heterocycles. The summed E-state index contributed by atoms with van der Waals surface area (Å²) in [6.45, 7) is 13.8. The van der Waals surface area contributed by atoms with E-state index in [1.54, 1.807) is 0 Å². The fourth-order valence-corrected chi connectivity index (χ4v) is 2.23. The van der Waals surface area contributed by atoms with E-state index in [2.05, 4.69) is 37.7 Å². The van der Waals surface area contributed by atoms with E-state index >= 15 is 0 Å². The van der Waals surface area contributed by atoms with Gasteiger partial charge in [-0.05, 0) is 19.8 Å². The molecular weight excluding hydrogens is 365 g/mol. The Bertz CT molecular complexity index is 342. The van der Waals surface area contributed by atoms with E-state index in [4.69, 9.17) is 10.5 Å². The molecule has 3 N–H and O–H groups in total. The molecule has 4 nitrogen and oxygen atoms in total. The van der Waals surface area contributed by atoms with Crippen LogP contribution < -0.4 is 11.1 Å². The van der Waals surface area contributed by atoms with Crippen molar-refractivity contribution in [3.63, 3.8) is 0 Å². The Morgan fingerprint density at radius 3 is 2.65 bits per heavy atom. The fourth-order valence-electron chi connectivity index (χ4n) is 2.23. The van der Waals surface area contributed by atoms with E-state index in [0.717, 1.165) is 25.0 Å². The lowest BCUT2D eigenvalue weighted by atomic mass is 9.64. The lowest BCUT2D eigenvalue weighted by molar-refractivity contribution is -0.113. The zero-order valence-electron chi connectivity index (χ0n) is 13.2. The fraction of sp³-hybridized carbons (Fsp3) is 0.800. The Balaban J connectivity index is 0.00000361. The van der Waals surface area contributed by atoms with Crippen molar-refractivity contribution in [1.82, 2.24) is 5.32 Å². The van der Waals surface area contributed by atoms with Crippen LogP contribution in [0.5, 0.6) is 0 Å². The summed E-state index contributed by atoms with van der Waals surface area (Å²) < 4.78 is 5.91. The summed E-state index contributed by atoms with van der Waals surface area (Å²) in [5.41, 5.74) is 7.00. The van der Waals surface area contributed by atoms with E-state index in [0.29, 0.717) is 24.7 Å². The summed E-state index contributed by atoms with van der Waals surface area (Å²) >= 11 is 0. The van der Waals surface area contributed by atoms with E-state index in [9.17, 15) is 0 Å². The highest BCUT2D eigenvalue weighted by Crippen LogP contribution is 2.42. The molecule has 0 aromatic rings. The standard InChI is InChI=1S/C15H29N3O.HI/c1-6-7-8-19-13-9-12(15(13,4)5)18-14(16)17-10-11(2)3;/h12-13H,2,6-10H2,1,3-5H3,(H3,16,17,18);1H. The molecule has 0 bridgehead atoms. The minimum absolute atomic E-state index is 0. The number of hydrogen-bond acceptors (Lipinski definition) is 2. The number of nitrogens with one attached hydrogen (secondary N) is 1. The van der Waals surface area contributed by atoms with E-state index in [-0.39, 0.29) is 29.4 Å². The highest BCUT2D eigenvalue weighted by Gasteiger charge is 2.49. The maximum Gasteiger partial charge on any atom is 0.189 e. The molecule has 118 valence electrons. The highest BCUT2D eigenvalue weighted by atomic mass is 127. The Morgan fingerprint density at radius 1 is 1.50 bits per heavy atom. The molecule has 0 spiro atoms. The lowest BCUT2D eigenvalue weighted by Crippen LogP contribution is -2.63. The zero-order chi connectivity index (χ0) is 14.5.